The van der Waals surface area contributed by atoms with E-state index in [0.717, 1.165) is 0 Å². The van der Waals surface area contributed by atoms with E-state index in [-0.39, 0.29) is 12.2 Å². The molecule has 2 rings (SSSR count). The molecule has 1 aliphatic rings. The van der Waals surface area contributed by atoms with E-state index in [9.17, 15) is 9.90 Å². The summed E-state index contributed by atoms with van der Waals surface area (Å²) in [6.45, 7) is 3.86. The summed E-state index contributed by atoms with van der Waals surface area (Å²) >= 11 is 0. The first-order chi connectivity index (χ1) is 9.62. The summed E-state index contributed by atoms with van der Waals surface area (Å²) in [4.78, 5) is 11.4. The minimum atomic E-state index is -1.00. The van der Waals surface area contributed by atoms with Crippen LogP contribution in [0.15, 0.2) is 42.0 Å². The number of benzene rings is 1. The van der Waals surface area contributed by atoms with E-state index in [1.807, 2.05) is 0 Å². The van der Waals surface area contributed by atoms with Crippen molar-refractivity contribution >= 4 is 5.97 Å². The van der Waals surface area contributed by atoms with E-state index in [1.165, 1.54) is 13.2 Å². The van der Waals surface area contributed by atoms with Crippen molar-refractivity contribution < 1.29 is 24.1 Å². The fourth-order valence-corrected chi connectivity index (χ4v) is 2.20. The van der Waals surface area contributed by atoms with Crippen LogP contribution in [0.5, 0.6) is 11.5 Å². The van der Waals surface area contributed by atoms with Crippen LogP contribution in [-0.4, -0.2) is 31.9 Å². The second-order valence-electron chi connectivity index (χ2n) is 4.25. The number of hydrogen-bond acceptors (Lipinski definition) is 4. The highest BCUT2D eigenvalue weighted by Gasteiger charge is 2.32. The normalized spacial score (nSPS) is 18.0. The van der Waals surface area contributed by atoms with E-state index < -0.39 is 12.1 Å². The zero-order valence-corrected chi connectivity index (χ0v) is 11.4. The molecular formula is C15H16O5. The third kappa shape index (κ3) is 2.40. The highest BCUT2D eigenvalue weighted by atomic mass is 16.5. The molecule has 1 unspecified atom stereocenters. The van der Waals surface area contributed by atoms with Crippen LogP contribution >= 0.6 is 0 Å². The summed E-state index contributed by atoms with van der Waals surface area (Å²) < 4.78 is 15.9. The summed E-state index contributed by atoms with van der Waals surface area (Å²) in [5.41, 5.74) is 1.52. The number of ether oxygens (including phenoxy) is 3. The minimum Gasteiger partial charge on any atom is -0.493 e. The smallest absolute Gasteiger partial charge is 0.334 e. The lowest BCUT2D eigenvalue weighted by Gasteiger charge is -2.15. The maximum atomic E-state index is 11.4. The second kappa shape index (κ2) is 5.79. The van der Waals surface area contributed by atoms with Crippen LogP contribution < -0.4 is 9.47 Å². The van der Waals surface area contributed by atoms with Crippen molar-refractivity contribution in [2.45, 2.75) is 6.10 Å². The van der Waals surface area contributed by atoms with Crippen molar-refractivity contribution in [2.24, 2.45) is 0 Å². The Bertz CT molecular complexity index is 574. The van der Waals surface area contributed by atoms with Crippen molar-refractivity contribution in [3.8, 4) is 11.5 Å². The van der Waals surface area contributed by atoms with Crippen LogP contribution in [0.2, 0.25) is 0 Å². The lowest BCUT2D eigenvalue weighted by molar-refractivity contribution is -0.133. The molecule has 20 heavy (non-hydrogen) atoms. The first-order valence-corrected chi connectivity index (χ1v) is 6.04. The van der Waals surface area contributed by atoms with Gasteiger partial charge in [0.15, 0.2) is 11.5 Å². The average Bonchev–Trinajstić information content (AvgIpc) is 2.90. The number of rotatable bonds is 5. The maximum Gasteiger partial charge on any atom is 0.334 e. The number of carboxylic acids is 1. The van der Waals surface area contributed by atoms with E-state index in [4.69, 9.17) is 14.2 Å². The molecule has 5 heteroatoms. The van der Waals surface area contributed by atoms with Crippen LogP contribution in [-0.2, 0) is 9.53 Å². The van der Waals surface area contributed by atoms with Gasteiger partial charge in [-0.15, -0.1) is 0 Å². The number of aliphatic carboxylic acids is 1. The molecule has 0 bridgehead atoms. The van der Waals surface area contributed by atoms with Gasteiger partial charge in [-0.3, -0.25) is 0 Å². The molecule has 1 aromatic carbocycles. The lowest BCUT2D eigenvalue weighted by atomic mass is 9.99. The number of carbonyl (C=O) groups is 1. The molecule has 0 saturated carbocycles. The highest BCUT2D eigenvalue weighted by Crippen LogP contribution is 2.38. The lowest BCUT2D eigenvalue weighted by Crippen LogP contribution is -2.10. The Morgan fingerprint density at radius 1 is 1.40 bits per heavy atom. The fraction of sp³-hybridized carbons (Fsp3) is 0.267. The van der Waals surface area contributed by atoms with Gasteiger partial charge in [0.1, 0.15) is 6.10 Å². The summed E-state index contributed by atoms with van der Waals surface area (Å²) in [7, 11) is 3.07. The third-order valence-corrected chi connectivity index (χ3v) is 3.20. The first-order valence-electron chi connectivity index (χ1n) is 6.04. The van der Waals surface area contributed by atoms with Crippen molar-refractivity contribution in [1.82, 2.24) is 0 Å². The van der Waals surface area contributed by atoms with E-state index in [0.29, 0.717) is 22.6 Å². The van der Waals surface area contributed by atoms with Crippen molar-refractivity contribution in [3.05, 3.63) is 47.6 Å². The third-order valence-electron chi connectivity index (χ3n) is 3.20. The SMILES string of the molecule is C=CC1=C(C(=O)O)C(c2ccc(OC)c(OC)c2)OC1. The molecule has 1 aromatic rings. The first kappa shape index (κ1) is 14.1. The van der Waals surface area contributed by atoms with Crippen molar-refractivity contribution in [2.75, 3.05) is 20.8 Å². The molecule has 0 spiro atoms. The Kier molecular flexibility index (Phi) is 4.10. The monoisotopic (exact) mass is 276 g/mol. The molecule has 0 amide bonds. The Balaban J connectivity index is 2.44. The van der Waals surface area contributed by atoms with Gasteiger partial charge in [0.05, 0.1) is 26.4 Å². The molecule has 0 aliphatic carbocycles. The molecule has 0 fully saturated rings. The molecule has 0 aromatic heterocycles. The van der Waals surface area contributed by atoms with Crippen LogP contribution in [0.1, 0.15) is 11.7 Å². The van der Waals surface area contributed by atoms with Gasteiger partial charge in [0.25, 0.3) is 0 Å². The predicted molar refractivity (Wildman–Crippen MR) is 73.1 cm³/mol. The highest BCUT2D eigenvalue weighted by molar-refractivity contribution is 5.90. The van der Waals surface area contributed by atoms with Crippen molar-refractivity contribution in [1.29, 1.82) is 0 Å². The van der Waals surface area contributed by atoms with Gasteiger partial charge in [-0.2, -0.15) is 0 Å². The Hall–Kier alpha value is -2.27. The quantitative estimate of drug-likeness (QED) is 0.894. The topological polar surface area (TPSA) is 65.0 Å². The van der Waals surface area contributed by atoms with Crippen LogP contribution in [0, 0.1) is 0 Å². The largest absolute Gasteiger partial charge is 0.493 e. The van der Waals surface area contributed by atoms with Gasteiger partial charge in [-0.1, -0.05) is 18.7 Å². The molecule has 1 heterocycles. The van der Waals surface area contributed by atoms with Crippen molar-refractivity contribution in [3.63, 3.8) is 0 Å². The summed E-state index contributed by atoms with van der Waals surface area (Å²) in [5.74, 6) is 0.113. The fourth-order valence-electron chi connectivity index (χ4n) is 2.20. The Morgan fingerprint density at radius 2 is 2.10 bits per heavy atom. The van der Waals surface area contributed by atoms with E-state index in [1.54, 1.807) is 25.3 Å². The van der Waals surface area contributed by atoms with Gasteiger partial charge < -0.3 is 19.3 Å². The van der Waals surface area contributed by atoms with Gasteiger partial charge in [0, 0.05) is 0 Å². The summed E-state index contributed by atoms with van der Waals surface area (Å²) in [6.07, 6.45) is 0.893. The molecule has 5 nitrogen and oxygen atoms in total. The van der Waals surface area contributed by atoms with Crippen LogP contribution in [0.4, 0.5) is 0 Å². The number of hydrogen-bond donors (Lipinski definition) is 1. The van der Waals surface area contributed by atoms with Crippen LogP contribution in [0.25, 0.3) is 0 Å². The molecule has 1 N–H and O–H groups in total. The summed E-state index contributed by atoms with van der Waals surface area (Å²) in [5, 5.41) is 9.33. The molecule has 1 atom stereocenters. The average molecular weight is 276 g/mol. The molecule has 106 valence electrons. The molecule has 0 saturated heterocycles. The van der Waals surface area contributed by atoms with Gasteiger partial charge in [-0.25, -0.2) is 4.79 Å². The Labute approximate surface area is 117 Å². The van der Waals surface area contributed by atoms with Gasteiger partial charge in [-0.05, 0) is 23.3 Å². The number of carboxylic acid groups (broad SMARTS) is 1. The zero-order valence-electron chi connectivity index (χ0n) is 11.4. The minimum absolute atomic E-state index is 0.215. The zero-order chi connectivity index (χ0) is 14.7. The van der Waals surface area contributed by atoms with Gasteiger partial charge >= 0.3 is 5.97 Å². The molecular weight excluding hydrogens is 260 g/mol. The number of methoxy groups -OCH3 is 2. The predicted octanol–water partition coefficient (Wildman–Crippen LogP) is 2.34. The second-order valence-corrected chi connectivity index (χ2v) is 4.25. The van der Waals surface area contributed by atoms with E-state index >= 15 is 0 Å². The standard InChI is InChI=1S/C15H16O5/c1-4-9-8-20-14(13(9)15(16)17)10-5-6-11(18-2)12(7-10)19-3/h4-7,14H,1,8H2,2-3H3,(H,16,17). The molecule has 0 radical (unpaired) electrons. The maximum absolute atomic E-state index is 11.4. The van der Waals surface area contributed by atoms with Crippen LogP contribution in [0.3, 0.4) is 0 Å². The summed E-state index contributed by atoms with van der Waals surface area (Å²) in [6, 6.07) is 5.21. The Morgan fingerprint density at radius 3 is 2.65 bits per heavy atom. The molecule has 1 aliphatic heterocycles. The van der Waals surface area contributed by atoms with Gasteiger partial charge in [0.2, 0.25) is 0 Å². The van der Waals surface area contributed by atoms with E-state index in [2.05, 4.69) is 6.58 Å².